The molecule has 1 rings (SSSR count). The summed E-state index contributed by atoms with van der Waals surface area (Å²) < 4.78 is 26.2. The van der Waals surface area contributed by atoms with Gasteiger partial charge in [0.1, 0.15) is 11.6 Å². The van der Waals surface area contributed by atoms with Gasteiger partial charge in [-0.15, -0.1) is 0 Å². The molecule has 96 valence electrons. The quantitative estimate of drug-likeness (QED) is 0.831. The Bertz CT molecular complexity index is 363. The first kappa shape index (κ1) is 14.1. The second kappa shape index (κ2) is 6.10. The van der Waals surface area contributed by atoms with E-state index in [2.05, 4.69) is 33.0 Å². The predicted octanol–water partition coefficient (Wildman–Crippen LogP) is 3.53. The number of hydrogen-bond acceptors (Lipinski definition) is 1. The van der Waals surface area contributed by atoms with E-state index in [1.54, 1.807) is 0 Å². The Morgan fingerprint density at radius 1 is 1.12 bits per heavy atom. The summed E-state index contributed by atoms with van der Waals surface area (Å²) in [6.45, 7) is 8.33. The summed E-state index contributed by atoms with van der Waals surface area (Å²) in [6.07, 6.45) is 0.618. The van der Waals surface area contributed by atoms with Crippen LogP contribution in [0.5, 0.6) is 0 Å². The summed E-state index contributed by atoms with van der Waals surface area (Å²) in [6, 6.07) is 4.50. The largest absolute Gasteiger partial charge is 0.312 e. The summed E-state index contributed by atoms with van der Waals surface area (Å²) in [7, 11) is 0. The van der Waals surface area contributed by atoms with Gasteiger partial charge in [-0.1, -0.05) is 26.8 Å². The Morgan fingerprint density at radius 3 is 2.29 bits per heavy atom. The lowest BCUT2D eigenvalue weighted by Gasteiger charge is -2.23. The molecule has 0 spiro atoms. The Labute approximate surface area is 102 Å². The van der Waals surface area contributed by atoms with Gasteiger partial charge in [-0.05, 0) is 30.9 Å². The fourth-order valence-corrected chi connectivity index (χ4v) is 1.90. The average Bonchev–Trinajstić information content (AvgIpc) is 2.21. The number of rotatable bonds is 5. The van der Waals surface area contributed by atoms with E-state index in [-0.39, 0.29) is 0 Å². The minimum atomic E-state index is -0.521. The second-order valence-electron chi connectivity index (χ2n) is 5.03. The van der Waals surface area contributed by atoms with Gasteiger partial charge < -0.3 is 5.32 Å². The van der Waals surface area contributed by atoms with Crippen LogP contribution in [0.25, 0.3) is 0 Å². The lowest BCUT2D eigenvalue weighted by Crippen LogP contribution is -2.37. The van der Waals surface area contributed by atoms with Crippen LogP contribution in [0.1, 0.15) is 33.3 Å². The third-order valence-corrected chi connectivity index (χ3v) is 3.01. The highest BCUT2D eigenvalue weighted by molar-refractivity contribution is 5.19. The number of nitrogens with one attached hydrogen (secondary N) is 1. The van der Waals surface area contributed by atoms with Crippen LogP contribution in [0.4, 0.5) is 8.78 Å². The molecule has 2 unspecified atom stereocenters. The predicted molar refractivity (Wildman–Crippen MR) is 67.0 cm³/mol. The third kappa shape index (κ3) is 4.43. The molecule has 17 heavy (non-hydrogen) atoms. The summed E-state index contributed by atoms with van der Waals surface area (Å²) >= 11 is 0. The first-order valence-electron chi connectivity index (χ1n) is 6.10. The summed E-state index contributed by atoms with van der Waals surface area (Å²) in [5.74, 6) is -0.668. The molecule has 0 aromatic heterocycles. The zero-order valence-corrected chi connectivity index (χ0v) is 10.9. The highest BCUT2D eigenvalue weighted by atomic mass is 19.1. The molecule has 0 fully saturated rings. The molecule has 0 heterocycles. The molecule has 0 saturated heterocycles. The normalized spacial score (nSPS) is 15.0. The number of hydrogen-bond donors (Lipinski definition) is 1. The van der Waals surface area contributed by atoms with Gasteiger partial charge in [0, 0.05) is 18.2 Å². The first-order chi connectivity index (χ1) is 7.90. The van der Waals surface area contributed by atoms with Crippen LogP contribution in [0.15, 0.2) is 18.2 Å². The van der Waals surface area contributed by atoms with E-state index in [0.29, 0.717) is 30.0 Å². The van der Waals surface area contributed by atoms with Crippen LogP contribution < -0.4 is 5.32 Å². The van der Waals surface area contributed by atoms with Crippen molar-refractivity contribution in [2.45, 2.75) is 46.2 Å². The molecule has 0 aliphatic rings. The molecule has 1 N–H and O–H groups in total. The number of halogens is 2. The zero-order chi connectivity index (χ0) is 13.0. The lowest BCUT2D eigenvalue weighted by molar-refractivity contribution is 0.368. The van der Waals surface area contributed by atoms with Crippen LogP contribution in [0.2, 0.25) is 0 Å². The summed E-state index contributed by atoms with van der Waals surface area (Å²) in [5.41, 5.74) is 0.580. The van der Waals surface area contributed by atoms with Crippen molar-refractivity contribution in [1.29, 1.82) is 0 Å². The van der Waals surface area contributed by atoms with Gasteiger partial charge in [0.15, 0.2) is 0 Å². The van der Waals surface area contributed by atoms with Crippen LogP contribution in [-0.4, -0.2) is 12.1 Å². The number of benzene rings is 1. The molecule has 0 aliphatic carbocycles. The third-order valence-electron chi connectivity index (χ3n) is 3.01. The van der Waals surface area contributed by atoms with Crippen molar-refractivity contribution in [2.24, 2.45) is 5.92 Å². The molecule has 1 aromatic rings. The molecular weight excluding hydrogens is 220 g/mol. The van der Waals surface area contributed by atoms with Gasteiger partial charge in [0.25, 0.3) is 0 Å². The average molecular weight is 241 g/mol. The van der Waals surface area contributed by atoms with E-state index in [9.17, 15) is 8.78 Å². The Kier molecular flexibility index (Phi) is 5.06. The van der Waals surface area contributed by atoms with E-state index in [1.807, 2.05) is 0 Å². The van der Waals surface area contributed by atoms with E-state index < -0.39 is 11.6 Å². The second-order valence-corrected chi connectivity index (χ2v) is 5.03. The van der Waals surface area contributed by atoms with Crippen molar-refractivity contribution >= 4 is 0 Å². The smallest absolute Gasteiger partial charge is 0.129 e. The zero-order valence-electron chi connectivity index (χ0n) is 10.9. The maximum atomic E-state index is 13.5. The molecule has 0 aliphatic heterocycles. The van der Waals surface area contributed by atoms with E-state index >= 15 is 0 Å². The Hall–Kier alpha value is -0.960. The Morgan fingerprint density at radius 2 is 1.76 bits per heavy atom. The van der Waals surface area contributed by atoms with E-state index in [4.69, 9.17) is 0 Å². The van der Waals surface area contributed by atoms with Crippen molar-refractivity contribution in [3.63, 3.8) is 0 Å². The highest BCUT2D eigenvalue weighted by Gasteiger charge is 2.15. The molecule has 0 radical (unpaired) electrons. The lowest BCUT2D eigenvalue weighted by atomic mass is 9.94. The van der Waals surface area contributed by atoms with Gasteiger partial charge in [-0.2, -0.15) is 0 Å². The van der Waals surface area contributed by atoms with Crippen molar-refractivity contribution in [3.05, 3.63) is 35.4 Å². The molecule has 1 aromatic carbocycles. The van der Waals surface area contributed by atoms with Crippen LogP contribution in [0, 0.1) is 17.6 Å². The van der Waals surface area contributed by atoms with Crippen LogP contribution in [0.3, 0.4) is 0 Å². The first-order valence-corrected chi connectivity index (χ1v) is 6.10. The molecular formula is C14H21F2N. The Balaban J connectivity index is 2.64. The van der Waals surface area contributed by atoms with Crippen molar-refractivity contribution in [3.8, 4) is 0 Å². The van der Waals surface area contributed by atoms with Crippen molar-refractivity contribution in [1.82, 2.24) is 5.32 Å². The summed E-state index contributed by atoms with van der Waals surface area (Å²) in [5, 5.41) is 3.40. The van der Waals surface area contributed by atoms with Gasteiger partial charge in [-0.3, -0.25) is 0 Å². The van der Waals surface area contributed by atoms with Gasteiger partial charge in [0.05, 0.1) is 0 Å². The fraction of sp³-hybridized carbons (Fsp3) is 0.571. The van der Waals surface area contributed by atoms with E-state index in [0.717, 1.165) is 6.07 Å². The van der Waals surface area contributed by atoms with Crippen molar-refractivity contribution in [2.75, 3.05) is 0 Å². The maximum Gasteiger partial charge on any atom is 0.129 e. The SMILES string of the molecule is CC(C)NC(C)C(C)Cc1ccc(F)cc1F. The molecule has 3 heteroatoms. The monoisotopic (exact) mass is 241 g/mol. The summed E-state index contributed by atoms with van der Waals surface area (Å²) in [4.78, 5) is 0. The minimum absolute atomic E-state index is 0.303. The van der Waals surface area contributed by atoms with Crippen molar-refractivity contribution < 1.29 is 8.78 Å². The molecule has 0 saturated carbocycles. The van der Waals surface area contributed by atoms with Gasteiger partial charge in [0.2, 0.25) is 0 Å². The van der Waals surface area contributed by atoms with E-state index in [1.165, 1.54) is 12.1 Å². The highest BCUT2D eigenvalue weighted by Crippen LogP contribution is 2.16. The molecule has 0 bridgehead atoms. The fourth-order valence-electron chi connectivity index (χ4n) is 1.90. The molecule has 1 nitrogen and oxygen atoms in total. The topological polar surface area (TPSA) is 12.0 Å². The van der Waals surface area contributed by atoms with Crippen LogP contribution >= 0.6 is 0 Å². The van der Waals surface area contributed by atoms with Gasteiger partial charge in [-0.25, -0.2) is 8.78 Å². The molecule has 0 amide bonds. The van der Waals surface area contributed by atoms with Crippen LogP contribution in [-0.2, 0) is 6.42 Å². The molecule has 2 atom stereocenters. The minimum Gasteiger partial charge on any atom is -0.312 e. The maximum absolute atomic E-state index is 13.5. The standard InChI is InChI=1S/C14H21F2N/c1-9(2)17-11(4)10(3)7-12-5-6-13(15)8-14(12)16/h5-6,8-11,17H,7H2,1-4H3. The van der Waals surface area contributed by atoms with Gasteiger partial charge >= 0.3 is 0 Å².